The summed E-state index contributed by atoms with van der Waals surface area (Å²) in [4.78, 5) is 13.9. The Hall–Kier alpha value is -1.71. The Balaban J connectivity index is 1.64. The van der Waals surface area contributed by atoms with Gasteiger partial charge in [-0.15, -0.1) is 0 Å². The van der Waals surface area contributed by atoms with E-state index in [2.05, 4.69) is 16.3 Å². The molecule has 1 aromatic rings. The van der Waals surface area contributed by atoms with Crippen molar-refractivity contribution >= 4 is 23.0 Å². The molecule has 3 N–H and O–H groups in total. The van der Waals surface area contributed by atoms with Gasteiger partial charge < -0.3 is 16.0 Å². The number of nitrogens with one attached hydrogen (secondary N) is 1. The number of anilines is 3. The summed E-state index contributed by atoms with van der Waals surface area (Å²) in [6, 6.07) is 4.14. The van der Waals surface area contributed by atoms with Crippen molar-refractivity contribution in [2.24, 2.45) is 11.8 Å². The number of hydrogen-bond donors (Lipinski definition) is 2. The highest BCUT2D eigenvalue weighted by Gasteiger charge is 2.36. The lowest BCUT2D eigenvalue weighted by Crippen LogP contribution is -2.24. The summed E-state index contributed by atoms with van der Waals surface area (Å²) >= 11 is 0. The number of nitrogens with two attached hydrogens (primary N) is 1. The van der Waals surface area contributed by atoms with Crippen molar-refractivity contribution in [2.75, 3.05) is 29.0 Å². The number of carbonyl (C=O) groups is 1. The highest BCUT2D eigenvalue weighted by molar-refractivity contribution is 5.95. The Bertz CT molecular complexity index is 557. The Morgan fingerprint density at radius 3 is 2.65 bits per heavy atom. The number of fused-ring (bicyclic) bond motifs is 2. The molecule has 2 unspecified atom stereocenters. The molecule has 2 heterocycles. The van der Waals surface area contributed by atoms with Gasteiger partial charge in [-0.05, 0) is 48.8 Å². The molecule has 1 saturated heterocycles. The molecular weight excluding hydrogens is 250 g/mol. The molecule has 1 saturated carbocycles. The van der Waals surface area contributed by atoms with Crippen LogP contribution in [0.3, 0.4) is 0 Å². The minimum atomic E-state index is 0.0976. The van der Waals surface area contributed by atoms with E-state index in [9.17, 15) is 4.79 Å². The number of carbonyl (C=O) groups excluding carboxylic acids is 1. The van der Waals surface area contributed by atoms with Gasteiger partial charge in [0.15, 0.2) is 0 Å². The third-order valence-electron chi connectivity index (χ3n) is 5.21. The molecule has 2 aliphatic heterocycles. The summed E-state index contributed by atoms with van der Waals surface area (Å²) in [6.45, 7) is 2.31. The molecule has 1 amide bonds. The van der Waals surface area contributed by atoms with Crippen LogP contribution in [0.5, 0.6) is 0 Å². The SMILES string of the molecule is Nc1cc2c(cc1N1CC3CCCC3C1)CCC(=O)N2. The number of nitrogens with zero attached hydrogens (tertiary/aromatic N) is 1. The van der Waals surface area contributed by atoms with Gasteiger partial charge >= 0.3 is 0 Å². The second-order valence-electron chi connectivity index (χ2n) is 6.47. The molecule has 20 heavy (non-hydrogen) atoms. The summed E-state index contributed by atoms with van der Waals surface area (Å²) in [5.74, 6) is 1.83. The van der Waals surface area contributed by atoms with E-state index in [4.69, 9.17) is 5.73 Å². The van der Waals surface area contributed by atoms with E-state index in [1.54, 1.807) is 0 Å². The van der Waals surface area contributed by atoms with Gasteiger partial charge in [0, 0.05) is 25.2 Å². The van der Waals surface area contributed by atoms with Gasteiger partial charge in [-0.1, -0.05) is 6.42 Å². The molecule has 0 aromatic heterocycles. The van der Waals surface area contributed by atoms with Crippen LogP contribution < -0.4 is 16.0 Å². The second-order valence-corrected chi connectivity index (χ2v) is 6.47. The van der Waals surface area contributed by atoms with Crippen LogP contribution in [0.1, 0.15) is 31.2 Å². The third kappa shape index (κ3) is 1.86. The first-order valence-corrected chi connectivity index (χ1v) is 7.68. The number of rotatable bonds is 1. The van der Waals surface area contributed by atoms with Crippen LogP contribution in [-0.2, 0) is 11.2 Å². The highest BCUT2D eigenvalue weighted by atomic mass is 16.1. The van der Waals surface area contributed by atoms with Crippen molar-refractivity contribution in [3.05, 3.63) is 17.7 Å². The molecule has 0 bridgehead atoms. The van der Waals surface area contributed by atoms with Crippen molar-refractivity contribution in [1.82, 2.24) is 0 Å². The fraction of sp³-hybridized carbons (Fsp3) is 0.562. The van der Waals surface area contributed by atoms with Gasteiger partial charge in [0.25, 0.3) is 0 Å². The Labute approximate surface area is 119 Å². The lowest BCUT2D eigenvalue weighted by molar-refractivity contribution is -0.116. The van der Waals surface area contributed by atoms with Crippen molar-refractivity contribution < 1.29 is 4.79 Å². The van der Waals surface area contributed by atoms with Crippen LogP contribution in [0.4, 0.5) is 17.1 Å². The van der Waals surface area contributed by atoms with E-state index in [1.807, 2.05) is 6.07 Å². The Kier molecular flexibility index (Phi) is 2.65. The normalized spacial score (nSPS) is 28.2. The summed E-state index contributed by atoms with van der Waals surface area (Å²) < 4.78 is 0. The van der Waals surface area contributed by atoms with Crippen LogP contribution in [0.25, 0.3) is 0 Å². The van der Waals surface area contributed by atoms with E-state index in [0.29, 0.717) is 6.42 Å². The molecule has 3 aliphatic rings. The minimum Gasteiger partial charge on any atom is -0.397 e. The molecule has 0 spiro atoms. The van der Waals surface area contributed by atoms with Crippen LogP contribution in [-0.4, -0.2) is 19.0 Å². The fourth-order valence-electron chi connectivity index (χ4n) is 4.14. The average Bonchev–Trinajstić information content (AvgIpc) is 2.98. The molecular formula is C16H21N3O. The monoisotopic (exact) mass is 271 g/mol. The standard InChI is InChI=1S/C16H21N3O/c17-13-7-14-10(4-5-16(20)18-14)6-15(13)19-8-11-2-1-3-12(11)9-19/h6-7,11-12H,1-5,8-9,17H2,(H,18,20). The summed E-state index contributed by atoms with van der Waals surface area (Å²) in [5.41, 5.74) is 10.3. The van der Waals surface area contributed by atoms with Crippen LogP contribution in [0.2, 0.25) is 0 Å². The van der Waals surface area contributed by atoms with Gasteiger partial charge in [0.1, 0.15) is 0 Å². The maximum Gasteiger partial charge on any atom is 0.224 e. The van der Waals surface area contributed by atoms with Gasteiger partial charge in [-0.2, -0.15) is 0 Å². The van der Waals surface area contributed by atoms with Crippen molar-refractivity contribution in [3.8, 4) is 0 Å². The summed E-state index contributed by atoms with van der Waals surface area (Å²) in [6.07, 6.45) is 5.57. The average molecular weight is 271 g/mol. The summed E-state index contributed by atoms with van der Waals surface area (Å²) in [7, 11) is 0. The van der Waals surface area contributed by atoms with E-state index < -0.39 is 0 Å². The lowest BCUT2D eigenvalue weighted by atomic mass is 10.0. The minimum absolute atomic E-state index is 0.0976. The fourth-order valence-corrected chi connectivity index (χ4v) is 4.14. The maximum absolute atomic E-state index is 11.4. The smallest absolute Gasteiger partial charge is 0.224 e. The summed E-state index contributed by atoms with van der Waals surface area (Å²) in [5, 5.41) is 2.92. The lowest BCUT2D eigenvalue weighted by Gasteiger charge is -2.25. The van der Waals surface area contributed by atoms with Gasteiger partial charge in [-0.25, -0.2) is 0 Å². The molecule has 4 heteroatoms. The number of hydrogen-bond acceptors (Lipinski definition) is 3. The topological polar surface area (TPSA) is 58.4 Å². The van der Waals surface area contributed by atoms with Gasteiger partial charge in [-0.3, -0.25) is 4.79 Å². The molecule has 1 aromatic carbocycles. The molecule has 2 atom stereocenters. The maximum atomic E-state index is 11.4. The van der Waals surface area contributed by atoms with Gasteiger partial charge in [0.05, 0.1) is 11.4 Å². The first-order valence-electron chi connectivity index (χ1n) is 7.68. The predicted octanol–water partition coefficient (Wildman–Crippen LogP) is 2.39. The van der Waals surface area contributed by atoms with Crippen LogP contribution in [0.15, 0.2) is 12.1 Å². The largest absolute Gasteiger partial charge is 0.397 e. The number of aryl methyl sites for hydroxylation is 1. The zero-order chi connectivity index (χ0) is 13.7. The van der Waals surface area contributed by atoms with E-state index in [-0.39, 0.29) is 5.91 Å². The molecule has 2 fully saturated rings. The predicted molar refractivity (Wildman–Crippen MR) is 80.8 cm³/mol. The quantitative estimate of drug-likeness (QED) is 0.771. The van der Waals surface area contributed by atoms with Gasteiger partial charge in [0.2, 0.25) is 5.91 Å². The first-order chi connectivity index (χ1) is 9.70. The Morgan fingerprint density at radius 2 is 1.90 bits per heavy atom. The molecule has 0 radical (unpaired) electrons. The van der Waals surface area contributed by atoms with Crippen molar-refractivity contribution in [2.45, 2.75) is 32.1 Å². The van der Waals surface area contributed by atoms with Crippen molar-refractivity contribution in [3.63, 3.8) is 0 Å². The van der Waals surface area contributed by atoms with E-state index in [0.717, 1.165) is 42.7 Å². The van der Waals surface area contributed by atoms with E-state index in [1.165, 1.54) is 30.5 Å². The zero-order valence-electron chi connectivity index (χ0n) is 11.7. The first kappa shape index (κ1) is 12.1. The highest BCUT2D eigenvalue weighted by Crippen LogP contribution is 2.42. The van der Waals surface area contributed by atoms with E-state index >= 15 is 0 Å². The number of benzene rings is 1. The van der Waals surface area contributed by atoms with Crippen LogP contribution in [0, 0.1) is 11.8 Å². The molecule has 1 aliphatic carbocycles. The number of nitrogen functional groups attached to an aromatic ring is 1. The third-order valence-corrected chi connectivity index (χ3v) is 5.21. The second kappa shape index (κ2) is 4.40. The van der Waals surface area contributed by atoms with Crippen molar-refractivity contribution in [1.29, 1.82) is 0 Å². The van der Waals surface area contributed by atoms with Crippen LogP contribution >= 0.6 is 0 Å². The Morgan fingerprint density at radius 1 is 1.15 bits per heavy atom. The molecule has 4 nitrogen and oxygen atoms in total. The molecule has 106 valence electrons. The zero-order valence-corrected chi connectivity index (χ0v) is 11.7. The molecule has 4 rings (SSSR count). The number of amides is 1.